The molecule has 6 nitrogen and oxygen atoms in total. The highest BCUT2D eigenvalue weighted by molar-refractivity contribution is 5.88. The smallest absolute Gasteiger partial charge is 0.329 e. The number of amides is 1. The third kappa shape index (κ3) is 6.36. The lowest BCUT2D eigenvalue weighted by molar-refractivity contribution is -0.163. The standard InChI is InChI=1S/C22H31NO5/c1-14-10-17(13-22(3,4)12-14)28-21(27)19(23-15(2)24)18(20(25)26)11-16-8-6-5-7-9-16/h5-9,14,17-19H,10-13H2,1-4H3,(H,23,24)(H,25,26)/t14?,17?,18?,19-/m0/s1. The van der Waals surface area contributed by atoms with Crippen molar-refractivity contribution in [3.63, 3.8) is 0 Å². The molecular weight excluding hydrogens is 358 g/mol. The second-order valence-corrected chi connectivity index (χ2v) is 8.78. The number of carbonyl (C=O) groups excluding carboxylic acids is 2. The minimum absolute atomic E-state index is 0.0579. The van der Waals surface area contributed by atoms with Gasteiger partial charge in [0.05, 0.1) is 5.92 Å². The van der Waals surface area contributed by atoms with Gasteiger partial charge in [0.15, 0.2) is 0 Å². The first-order valence-electron chi connectivity index (χ1n) is 9.82. The van der Waals surface area contributed by atoms with Crippen molar-refractivity contribution in [2.45, 2.75) is 65.5 Å². The zero-order chi connectivity index (χ0) is 20.9. The number of carboxylic acids is 1. The number of hydrogen-bond acceptors (Lipinski definition) is 4. The summed E-state index contributed by atoms with van der Waals surface area (Å²) < 4.78 is 5.71. The molecule has 2 rings (SSSR count). The molecule has 0 radical (unpaired) electrons. The summed E-state index contributed by atoms with van der Waals surface area (Å²) in [5, 5.41) is 12.2. The Morgan fingerprint density at radius 3 is 2.39 bits per heavy atom. The zero-order valence-corrected chi connectivity index (χ0v) is 17.1. The molecule has 3 unspecified atom stereocenters. The lowest BCUT2D eigenvalue weighted by Gasteiger charge is -2.39. The number of benzene rings is 1. The Labute approximate surface area is 166 Å². The average molecular weight is 389 g/mol. The molecule has 154 valence electrons. The first-order chi connectivity index (χ1) is 13.1. The van der Waals surface area contributed by atoms with Gasteiger partial charge in [-0.1, -0.05) is 51.1 Å². The van der Waals surface area contributed by atoms with Crippen molar-refractivity contribution in [2.75, 3.05) is 0 Å². The Morgan fingerprint density at radius 2 is 1.86 bits per heavy atom. The van der Waals surface area contributed by atoms with Crippen LogP contribution in [0.2, 0.25) is 0 Å². The number of rotatable bonds is 7. The van der Waals surface area contributed by atoms with Crippen molar-refractivity contribution >= 4 is 17.8 Å². The fraction of sp³-hybridized carbons (Fsp3) is 0.591. The maximum Gasteiger partial charge on any atom is 0.329 e. The van der Waals surface area contributed by atoms with Crippen LogP contribution in [-0.2, 0) is 25.5 Å². The number of nitrogens with one attached hydrogen (secondary N) is 1. The van der Waals surface area contributed by atoms with Crippen molar-refractivity contribution in [1.82, 2.24) is 5.32 Å². The van der Waals surface area contributed by atoms with E-state index in [-0.39, 0.29) is 17.9 Å². The van der Waals surface area contributed by atoms with Crippen LogP contribution in [0.15, 0.2) is 30.3 Å². The van der Waals surface area contributed by atoms with Crippen LogP contribution in [-0.4, -0.2) is 35.1 Å². The predicted molar refractivity (Wildman–Crippen MR) is 106 cm³/mol. The van der Waals surface area contributed by atoms with E-state index in [4.69, 9.17) is 4.74 Å². The van der Waals surface area contributed by atoms with Gasteiger partial charge >= 0.3 is 11.9 Å². The van der Waals surface area contributed by atoms with E-state index in [0.29, 0.717) is 5.92 Å². The van der Waals surface area contributed by atoms with E-state index in [1.165, 1.54) is 6.92 Å². The third-order valence-electron chi connectivity index (χ3n) is 5.26. The SMILES string of the molecule is CC(=O)N[C@H](C(=O)OC1CC(C)CC(C)(C)C1)C(Cc1ccccc1)C(=O)O. The van der Waals surface area contributed by atoms with Gasteiger partial charge in [0, 0.05) is 6.92 Å². The fourth-order valence-corrected chi connectivity index (χ4v) is 4.34. The lowest BCUT2D eigenvalue weighted by atomic mass is 9.71. The van der Waals surface area contributed by atoms with Crippen LogP contribution in [0, 0.1) is 17.3 Å². The Morgan fingerprint density at radius 1 is 1.21 bits per heavy atom. The highest BCUT2D eigenvalue weighted by atomic mass is 16.5. The molecule has 1 aromatic rings. The second-order valence-electron chi connectivity index (χ2n) is 8.78. The Bertz CT molecular complexity index is 700. The van der Waals surface area contributed by atoms with E-state index >= 15 is 0 Å². The number of carboxylic acid groups (broad SMARTS) is 1. The predicted octanol–water partition coefficient (Wildman–Crippen LogP) is 3.19. The summed E-state index contributed by atoms with van der Waals surface area (Å²) in [5.41, 5.74) is 0.841. The molecule has 28 heavy (non-hydrogen) atoms. The van der Waals surface area contributed by atoms with Gasteiger partial charge in [0.2, 0.25) is 5.91 Å². The molecule has 0 aliphatic heterocycles. The first-order valence-corrected chi connectivity index (χ1v) is 9.82. The summed E-state index contributed by atoms with van der Waals surface area (Å²) in [4.78, 5) is 36.5. The van der Waals surface area contributed by atoms with Crippen LogP contribution in [0.5, 0.6) is 0 Å². The van der Waals surface area contributed by atoms with E-state index in [1.54, 1.807) is 12.1 Å². The van der Waals surface area contributed by atoms with Gasteiger partial charge in [-0.05, 0) is 42.6 Å². The molecule has 2 N–H and O–H groups in total. The minimum Gasteiger partial charge on any atom is -0.481 e. The molecule has 0 spiro atoms. The number of ether oxygens (including phenoxy) is 1. The van der Waals surface area contributed by atoms with Crippen LogP contribution in [0.25, 0.3) is 0 Å². The molecule has 0 bridgehead atoms. The molecule has 1 fully saturated rings. The number of hydrogen-bond donors (Lipinski definition) is 2. The van der Waals surface area contributed by atoms with Crippen molar-refractivity contribution in [3.8, 4) is 0 Å². The monoisotopic (exact) mass is 389 g/mol. The fourth-order valence-electron chi connectivity index (χ4n) is 4.34. The topological polar surface area (TPSA) is 92.7 Å². The molecule has 4 atom stereocenters. The molecule has 1 aliphatic rings. The highest BCUT2D eigenvalue weighted by Gasteiger charge is 2.39. The van der Waals surface area contributed by atoms with Crippen LogP contribution in [0.4, 0.5) is 0 Å². The average Bonchev–Trinajstić information content (AvgIpc) is 2.56. The maximum atomic E-state index is 12.9. The lowest BCUT2D eigenvalue weighted by Crippen LogP contribution is -2.50. The summed E-state index contributed by atoms with van der Waals surface area (Å²) in [6.45, 7) is 7.69. The van der Waals surface area contributed by atoms with Gasteiger partial charge in [-0.3, -0.25) is 9.59 Å². The molecule has 1 aliphatic carbocycles. The summed E-state index contributed by atoms with van der Waals surface area (Å²) >= 11 is 0. The molecule has 1 amide bonds. The second kappa shape index (κ2) is 9.22. The van der Waals surface area contributed by atoms with Crippen molar-refractivity contribution in [2.24, 2.45) is 17.3 Å². The molecule has 0 saturated heterocycles. The van der Waals surface area contributed by atoms with Gasteiger partial charge in [-0.2, -0.15) is 0 Å². The van der Waals surface area contributed by atoms with E-state index in [9.17, 15) is 19.5 Å². The normalized spacial score (nSPS) is 23.3. The van der Waals surface area contributed by atoms with Gasteiger partial charge < -0.3 is 15.2 Å². The third-order valence-corrected chi connectivity index (χ3v) is 5.26. The summed E-state index contributed by atoms with van der Waals surface area (Å²) in [6.07, 6.45) is 2.39. The first kappa shape index (κ1) is 21.9. The van der Waals surface area contributed by atoms with Crippen molar-refractivity contribution < 1.29 is 24.2 Å². The van der Waals surface area contributed by atoms with Gasteiger partial charge in [0.25, 0.3) is 0 Å². The zero-order valence-electron chi connectivity index (χ0n) is 17.1. The van der Waals surface area contributed by atoms with Crippen LogP contribution in [0.1, 0.15) is 52.5 Å². The minimum atomic E-state index is -1.23. The molecule has 6 heteroatoms. The highest BCUT2D eigenvalue weighted by Crippen LogP contribution is 2.39. The van der Waals surface area contributed by atoms with Crippen LogP contribution < -0.4 is 5.32 Å². The summed E-state index contributed by atoms with van der Waals surface area (Å²) in [6, 6.07) is 7.84. The summed E-state index contributed by atoms with van der Waals surface area (Å²) in [7, 11) is 0. The molecule has 1 aromatic carbocycles. The number of aliphatic carboxylic acids is 1. The van der Waals surface area contributed by atoms with E-state index < -0.39 is 29.8 Å². The van der Waals surface area contributed by atoms with Gasteiger partial charge in [-0.15, -0.1) is 0 Å². The number of esters is 1. The quantitative estimate of drug-likeness (QED) is 0.699. The van der Waals surface area contributed by atoms with E-state index in [2.05, 4.69) is 26.1 Å². The van der Waals surface area contributed by atoms with Crippen molar-refractivity contribution in [1.29, 1.82) is 0 Å². The Kier molecular flexibility index (Phi) is 7.22. The van der Waals surface area contributed by atoms with Gasteiger partial charge in [-0.25, -0.2) is 4.79 Å². The van der Waals surface area contributed by atoms with Gasteiger partial charge in [0.1, 0.15) is 12.1 Å². The maximum absolute atomic E-state index is 12.9. The molecule has 1 saturated carbocycles. The Balaban J connectivity index is 2.18. The van der Waals surface area contributed by atoms with Crippen LogP contribution >= 0.6 is 0 Å². The molecule has 0 heterocycles. The summed E-state index contributed by atoms with van der Waals surface area (Å²) in [5.74, 6) is -2.96. The largest absolute Gasteiger partial charge is 0.481 e. The number of carbonyl (C=O) groups is 3. The molecule has 0 aromatic heterocycles. The van der Waals surface area contributed by atoms with E-state index in [1.807, 2.05) is 18.2 Å². The Hall–Kier alpha value is -2.37. The van der Waals surface area contributed by atoms with Crippen molar-refractivity contribution in [3.05, 3.63) is 35.9 Å². The molecular formula is C22H31NO5. The van der Waals surface area contributed by atoms with E-state index in [0.717, 1.165) is 24.8 Å². The van der Waals surface area contributed by atoms with Crippen LogP contribution in [0.3, 0.4) is 0 Å².